The Morgan fingerprint density at radius 2 is 1.68 bits per heavy atom. The van der Waals surface area contributed by atoms with Gasteiger partial charge < -0.3 is 9.64 Å². The molecule has 0 N–H and O–H groups in total. The van der Waals surface area contributed by atoms with Crippen molar-refractivity contribution in [2.75, 3.05) is 13.1 Å². The molecule has 3 nitrogen and oxygen atoms in total. The summed E-state index contributed by atoms with van der Waals surface area (Å²) in [7, 11) is 0. The van der Waals surface area contributed by atoms with Gasteiger partial charge >= 0.3 is 12.3 Å². The molecular formula is C19H24F3NO2. The third kappa shape index (κ3) is 6.11. The first-order valence-electron chi connectivity index (χ1n) is 8.38. The molecule has 1 fully saturated rings. The van der Waals surface area contributed by atoms with E-state index in [1.165, 1.54) is 12.1 Å². The summed E-state index contributed by atoms with van der Waals surface area (Å²) in [6.07, 6.45) is 0.879. The molecule has 1 aromatic carbocycles. The van der Waals surface area contributed by atoms with Crippen LogP contribution in [0.25, 0.3) is 6.08 Å². The summed E-state index contributed by atoms with van der Waals surface area (Å²) in [4.78, 5) is 13.7. The van der Waals surface area contributed by atoms with Gasteiger partial charge in [-0.2, -0.15) is 13.2 Å². The van der Waals surface area contributed by atoms with Crippen molar-refractivity contribution in [3.05, 3.63) is 41.5 Å². The monoisotopic (exact) mass is 355 g/mol. The fourth-order valence-electron chi connectivity index (χ4n) is 2.63. The first-order chi connectivity index (χ1) is 11.5. The van der Waals surface area contributed by atoms with Crippen molar-refractivity contribution in [1.29, 1.82) is 0 Å². The fraction of sp³-hybridized carbons (Fsp3) is 0.526. The average Bonchev–Trinajstić information content (AvgIpc) is 2.51. The first-order valence-corrected chi connectivity index (χ1v) is 8.38. The minimum Gasteiger partial charge on any atom is -0.444 e. The van der Waals surface area contributed by atoms with Crippen LogP contribution >= 0.6 is 0 Å². The van der Waals surface area contributed by atoms with Crippen molar-refractivity contribution in [2.24, 2.45) is 5.92 Å². The smallest absolute Gasteiger partial charge is 0.416 e. The van der Waals surface area contributed by atoms with Crippen LogP contribution < -0.4 is 0 Å². The van der Waals surface area contributed by atoms with E-state index >= 15 is 0 Å². The number of rotatable bonds is 2. The van der Waals surface area contributed by atoms with Crippen molar-refractivity contribution < 1.29 is 22.7 Å². The molecule has 2 rings (SSSR count). The van der Waals surface area contributed by atoms with Crippen LogP contribution in [0.1, 0.15) is 44.7 Å². The standard InChI is InChI=1S/C19H24F3NO2/c1-18(2,3)25-17(24)23-12-10-15(11-13-23)5-4-14-6-8-16(9-7-14)19(20,21)22/h4-9,15H,10-13H2,1-3H3/b5-4+. The van der Waals surface area contributed by atoms with Crippen molar-refractivity contribution in [2.45, 2.75) is 45.4 Å². The second-order valence-corrected chi connectivity index (χ2v) is 7.28. The summed E-state index contributed by atoms with van der Waals surface area (Å²) in [5, 5.41) is 0. The molecule has 1 amide bonds. The molecule has 6 heteroatoms. The highest BCUT2D eigenvalue weighted by Crippen LogP contribution is 2.29. The third-order valence-corrected chi connectivity index (χ3v) is 3.99. The van der Waals surface area contributed by atoms with Crippen LogP contribution in [0.15, 0.2) is 30.3 Å². The van der Waals surface area contributed by atoms with Gasteiger partial charge in [-0.3, -0.25) is 0 Å². The lowest BCUT2D eigenvalue weighted by Crippen LogP contribution is -2.41. The van der Waals surface area contributed by atoms with E-state index in [9.17, 15) is 18.0 Å². The van der Waals surface area contributed by atoms with Crippen molar-refractivity contribution >= 4 is 12.2 Å². The minimum absolute atomic E-state index is 0.294. The number of hydrogen-bond acceptors (Lipinski definition) is 2. The van der Waals surface area contributed by atoms with E-state index in [1.54, 1.807) is 4.90 Å². The van der Waals surface area contributed by atoms with Gasteiger partial charge in [-0.1, -0.05) is 24.3 Å². The molecule has 1 aliphatic rings. The lowest BCUT2D eigenvalue weighted by Gasteiger charge is -2.32. The van der Waals surface area contributed by atoms with E-state index in [-0.39, 0.29) is 6.09 Å². The van der Waals surface area contributed by atoms with Gasteiger partial charge in [0.1, 0.15) is 5.60 Å². The van der Waals surface area contributed by atoms with E-state index < -0.39 is 17.3 Å². The van der Waals surface area contributed by atoms with Crippen molar-refractivity contribution in [3.63, 3.8) is 0 Å². The van der Waals surface area contributed by atoms with E-state index in [4.69, 9.17) is 4.74 Å². The summed E-state index contributed by atoms with van der Waals surface area (Å²) in [5.74, 6) is 0.306. The second kappa shape index (κ2) is 7.50. The quantitative estimate of drug-likeness (QED) is 0.714. The number of benzene rings is 1. The summed E-state index contributed by atoms with van der Waals surface area (Å²) in [6.45, 7) is 6.76. The van der Waals surface area contributed by atoms with Gasteiger partial charge in [0.15, 0.2) is 0 Å². The summed E-state index contributed by atoms with van der Waals surface area (Å²) in [5.41, 5.74) is -0.408. The van der Waals surface area contributed by atoms with Crippen LogP contribution in [0.5, 0.6) is 0 Å². The Bertz CT molecular complexity index is 607. The van der Waals surface area contributed by atoms with Crippen molar-refractivity contribution in [1.82, 2.24) is 4.90 Å². The highest BCUT2D eigenvalue weighted by molar-refractivity contribution is 5.68. The zero-order valence-electron chi connectivity index (χ0n) is 14.8. The molecule has 0 unspecified atom stereocenters. The molecule has 138 valence electrons. The molecule has 0 atom stereocenters. The summed E-state index contributed by atoms with van der Waals surface area (Å²) < 4.78 is 43.0. The van der Waals surface area contributed by atoms with Crippen LogP contribution in [0.4, 0.5) is 18.0 Å². The number of ether oxygens (including phenoxy) is 1. The number of amides is 1. The van der Waals surface area contributed by atoms with Gasteiger partial charge in [0.05, 0.1) is 5.56 Å². The topological polar surface area (TPSA) is 29.5 Å². The predicted molar refractivity (Wildman–Crippen MR) is 91.0 cm³/mol. The number of piperidine rings is 1. The molecule has 0 saturated carbocycles. The van der Waals surface area contributed by atoms with E-state index in [0.29, 0.717) is 19.0 Å². The van der Waals surface area contributed by atoms with Gasteiger partial charge in [0.2, 0.25) is 0 Å². The summed E-state index contributed by atoms with van der Waals surface area (Å²) in [6, 6.07) is 5.11. The molecule has 0 aromatic heterocycles. The van der Waals surface area contributed by atoms with Gasteiger partial charge in [0.25, 0.3) is 0 Å². The number of carbonyl (C=O) groups is 1. The fourth-order valence-corrected chi connectivity index (χ4v) is 2.63. The Labute approximate surface area is 146 Å². The highest BCUT2D eigenvalue weighted by atomic mass is 19.4. The maximum absolute atomic E-state index is 12.5. The number of alkyl halides is 3. The number of halogens is 3. The van der Waals surface area contributed by atoms with Gasteiger partial charge in [-0.15, -0.1) is 0 Å². The normalized spacial score (nSPS) is 17.1. The van der Waals surface area contributed by atoms with Crippen LogP contribution in [0, 0.1) is 5.92 Å². The minimum atomic E-state index is -4.31. The Hall–Kier alpha value is -1.98. The molecule has 0 bridgehead atoms. The SMILES string of the molecule is CC(C)(C)OC(=O)N1CCC(/C=C/c2ccc(C(F)(F)F)cc2)CC1. The van der Waals surface area contributed by atoms with Gasteiger partial charge in [0, 0.05) is 13.1 Å². The van der Waals surface area contributed by atoms with Crippen LogP contribution in [-0.2, 0) is 10.9 Å². The zero-order valence-corrected chi connectivity index (χ0v) is 14.8. The predicted octanol–water partition coefficient (Wildman–Crippen LogP) is 5.37. The Morgan fingerprint density at radius 1 is 1.12 bits per heavy atom. The highest BCUT2D eigenvalue weighted by Gasteiger charge is 2.30. The molecular weight excluding hydrogens is 331 g/mol. The van der Waals surface area contributed by atoms with Crippen LogP contribution in [0.3, 0.4) is 0 Å². The van der Waals surface area contributed by atoms with E-state index in [1.807, 2.05) is 32.9 Å². The Balaban J connectivity index is 1.85. The largest absolute Gasteiger partial charge is 0.444 e. The number of hydrogen-bond donors (Lipinski definition) is 0. The maximum atomic E-state index is 12.5. The molecule has 1 saturated heterocycles. The molecule has 1 aromatic rings. The number of likely N-dealkylation sites (tertiary alicyclic amines) is 1. The number of carbonyl (C=O) groups excluding carboxylic acids is 1. The first kappa shape index (κ1) is 19.3. The molecule has 0 spiro atoms. The Morgan fingerprint density at radius 3 is 2.16 bits per heavy atom. The average molecular weight is 355 g/mol. The molecule has 0 radical (unpaired) electrons. The maximum Gasteiger partial charge on any atom is 0.416 e. The third-order valence-electron chi connectivity index (χ3n) is 3.99. The van der Waals surface area contributed by atoms with E-state index in [2.05, 4.69) is 0 Å². The number of nitrogens with zero attached hydrogens (tertiary/aromatic N) is 1. The molecule has 1 aliphatic heterocycles. The Kier molecular flexibility index (Phi) is 5.80. The van der Waals surface area contributed by atoms with E-state index in [0.717, 1.165) is 30.5 Å². The second-order valence-electron chi connectivity index (χ2n) is 7.28. The number of allylic oxidation sites excluding steroid dienone is 1. The van der Waals surface area contributed by atoms with Crippen molar-refractivity contribution in [3.8, 4) is 0 Å². The molecule has 25 heavy (non-hydrogen) atoms. The molecule has 1 heterocycles. The van der Waals surface area contributed by atoms with Crippen LogP contribution in [-0.4, -0.2) is 29.7 Å². The van der Waals surface area contributed by atoms with Crippen LogP contribution in [0.2, 0.25) is 0 Å². The zero-order chi connectivity index (χ0) is 18.7. The van der Waals surface area contributed by atoms with Gasteiger partial charge in [-0.25, -0.2) is 4.79 Å². The lowest BCUT2D eigenvalue weighted by molar-refractivity contribution is -0.137. The van der Waals surface area contributed by atoms with Gasteiger partial charge in [-0.05, 0) is 57.2 Å². The lowest BCUT2D eigenvalue weighted by atomic mass is 9.96. The molecule has 0 aliphatic carbocycles. The summed E-state index contributed by atoms with van der Waals surface area (Å²) >= 11 is 0.